The number of hydrogen-bond acceptors (Lipinski definition) is 5. The Morgan fingerprint density at radius 1 is 1.32 bits per heavy atom. The first-order chi connectivity index (χ1) is 8.78. The van der Waals surface area contributed by atoms with E-state index < -0.39 is 0 Å². The Kier molecular flexibility index (Phi) is 6.23. The van der Waals surface area contributed by atoms with Crippen molar-refractivity contribution in [3.05, 3.63) is 0 Å². The van der Waals surface area contributed by atoms with Crippen molar-refractivity contribution in [2.24, 2.45) is 0 Å². The van der Waals surface area contributed by atoms with Gasteiger partial charge in [-0.25, -0.2) is 0 Å². The smallest absolute Gasteiger partial charge is 0.307 e. The van der Waals surface area contributed by atoms with Gasteiger partial charge >= 0.3 is 5.97 Å². The molecule has 1 aliphatic heterocycles. The van der Waals surface area contributed by atoms with Crippen LogP contribution in [0.5, 0.6) is 0 Å². The van der Waals surface area contributed by atoms with E-state index in [0.717, 1.165) is 26.2 Å². The standard InChI is InChI=1S/C14H29N3O2/c1-14(2,3)19-13(18)6-7-15-10-12-11-16(4)8-9-17(12)5/h12,15H,6-11H2,1-5H3. The van der Waals surface area contributed by atoms with Gasteiger partial charge in [0.1, 0.15) is 5.60 Å². The van der Waals surface area contributed by atoms with Crippen LogP contribution in [0, 0.1) is 0 Å². The molecule has 5 heteroatoms. The summed E-state index contributed by atoms with van der Waals surface area (Å²) < 4.78 is 5.27. The normalized spacial score (nSPS) is 22.5. The van der Waals surface area contributed by atoms with Crippen LogP contribution < -0.4 is 5.32 Å². The molecule has 0 aliphatic carbocycles. The molecule has 0 saturated carbocycles. The molecule has 0 aromatic rings. The first kappa shape index (κ1) is 16.4. The zero-order chi connectivity index (χ0) is 14.5. The van der Waals surface area contributed by atoms with Crippen molar-refractivity contribution in [2.45, 2.75) is 38.8 Å². The van der Waals surface area contributed by atoms with E-state index in [0.29, 0.717) is 19.0 Å². The highest BCUT2D eigenvalue weighted by Gasteiger charge is 2.21. The minimum Gasteiger partial charge on any atom is -0.460 e. The van der Waals surface area contributed by atoms with Gasteiger partial charge in [-0.3, -0.25) is 9.69 Å². The number of esters is 1. The number of rotatable bonds is 5. The molecule has 19 heavy (non-hydrogen) atoms. The fraction of sp³-hybridized carbons (Fsp3) is 0.929. The Bertz CT molecular complexity index is 289. The van der Waals surface area contributed by atoms with Gasteiger partial charge in [0, 0.05) is 38.8 Å². The third kappa shape index (κ3) is 6.89. The van der Waals surface area contributed by atoms with E-state index in [-0.39, 0.29) is 11.6 Å². The molecule has 1 saturated heterocycles. The molecule has 1 unspecified atom stereocenters. The van der Waals surface area contributed by atoms with E-state index in [1.165, 1.54) is 0 Å². The van der Waals surface area contributed by atoms with Gasteiger partial charge in [-0.05, 0) is 34.9 Å². The Balaban J connectivity index is 2.15. The zero-order valence-corrected chi connectivity index (χ0v) is 13.0. The number of ether oxygens (including phenoxy) is 1. The molecular weight excluding hydrogens is 242 g/mol. The van der Waals surface area contributed by atoms with Crippen LogP contribution in [-0.2, 0) is 9.53 Å². The summed E-state index contributed by atoms with van der Waals surface area (Å²) in [5.41, 5.74) is -0.386. The zero-order valence-electron chi connectivity index (χ0n) is 13.0. The highest BCUT2D eigenvalue weighted by atomic mass is 16.6. The van der Waals surface area contributed by atoms with Crippen molar-refractivity contribution in [3.8, 4) is 0 Å². The minimum atomic E-state index is -0.386. The summed E-state index contributed by atoms with van der Waals surface area (Å²) in [5.74, 6) is -0.130. The van der Waals surface area contributed by atoms with E-state index in [1.807, 2.05) is 20.8 Å². The van der Waals surface area contributed by atoms with Gasteiger partial charge in [0.25, 0.3) is 0 Å². The molecule has 5 nitrogen and oxygen atoms in total. The topological polar surface area (TPSA) is 44.8 Å². The second kappa shape index (κ2) is 7.22. The van der Waals surface area contributed by atoms with Gasteiger partial charge in [0.15, 0.2) is 0 Å². The van der Waals surface area contributed by atoms with Crippen LogP contribution in [0.1, 0.15) is 27.2 Å². The lowest BCUT2D eigenvalue weighted by molar-refractivity contribution is -0.154. The number of hydrogen-bond donors (Lipinski definition) is 1. The number of carbonyl (C=O) groups excluding carboxylic acids is 1. The molecule has 0 aromatic carbocycles. The Morgan fingerprint density at radius 3 is 2.63 bits per heavy atom. The molecule has 1 heterocycles. The second-order valence-corrected chi connectivity index (χ2v) is 6.44. The number of nitrogens with zero attached hydrogens (tertiary/aromatic N) is 2. The highest BCUT2D eigenvalue weighted by molar-refractivity contribution is 5.70. The van der Waals surface area contributed by atoms with Gasteiger partial charge in [0.05, 0.1) is 6.42 Å². The molecular formula is C14H29N3O2. The Morgan fingerprint density at radius 2 is 2.00 bits per heavy atom. The molecule has 0 aromatic heterocycles. The molecule has 1 N–H and O–H groups in total. The molecule has 112 valence electrons. The van der Waals surface area contributed by atoms with Crippen molar-refractivity contribution >= 4 is 5.97 Å². The minimum absolute atomic E-state index is 0.130. The van der Waals surface area contributed by atoms with Crippen LogP contribution in [-0.4, -0.2) is 74.2 Å². The lowest BCUT2D eigenvalue weighted by Crippen LogP contribution is -2.53. The number of nitrogens with one attached hydrogen (secondary N) is 1. The van der Waals surface area contributed by atoms with Gasteiger partial charge in [-0.15, -0.1) is 0 Å². The van der Waals surface area contributed by atoms with Crippen molar-refractivity contribution in [3.63, 3.8) is 0 Å². The molecule has 0 bridgehead atoms. The molecule has 0 amide bonds. The first-order valence-corrected chi connectivity index (χ1v) is 7.09. The molecule has 1 fully saturated rings. The van der Waals surface area contributed by atoms with E-state index >= 15 is 0 Å². The van der Waals surface area contributed by atoms with E-state index in [9.17, 15) is 4.79 Å². The van der Waals surface area contributed by atoms with Crippen molar-refractivity contribution in [1.82, 2.24) is 15.1 Å². The quantitative estimate of drug-likeness (QED) is 0.584. The molecule has 1 rings (SSSR count). The summed E-state index contributed by atoms with van der Waals surface area (Å²) in [6.07, 6.45) is 0.434. The van der Waals surface area contributed by atoms with E-state index in [1.54, 1.807) is 0 Å². The fourth-order valence-corrected chi connectivity index (χ4v) is 2.17. The Labute approximate surface area is 117 Å². The SMILES string of the molecule is CN1CCN(C)C(CNCCC(=O)OC(C)(C)C)C1. The third-order valence-corrected chi connectivity index (χ3v) is 3.29. The van der Waals surface area contributed by atoms with Crippen LogP contribution >= 0.6 is 0 Å². The predicted octanol–water partition coefficient (Wildman–Crippen LogP) is 0.554. The van der Waals surface area contributed by atoms with Gasteiger partial charge < -0.3 is 15.0 Å². The summed E-state index contributed by atoms with van der Waals surface area (Å²) in [6.45, 7) is 10.6. The van der Waals surface area contributed by atoms with Crippen LogP contribution in [0.2, 0.25) is 0 Å². The monoisotopic (exact) mass is 271 g/mol. The van der Waals surface area contributed by atoms with E-state index in [4.69, 9.17) is 4.74 Å². The predicted molar refractivity (Wildman–Crippen MR) is 77.2 cm³/mol. The van der Waals surface area contributed by atoms with Gasteiger partial charge in [-0.2, -0.15) is 0 Å². The summed E-state index contributed by atoms with van der Waals surface area (Å²) in [4.78, 5) is 16.3. The highest BCUT2D eigenvalue weighted by Crippen LogP contribution is 2.08. The largest absolute Gasteiger partial charge is 0.460 e. The summed E-state index contributed by atoms with van der Waals surface area (Å²) >= 11 is 0. The maximum atomic E-state index is 11.5. The van der Waals surface area contributed by atoms with Crippen LogP contribution in [0.3, 0.4) is 0 Å². The van der Waals surface area contributed by atoms with Crippen molar-refractivity contribution in [2.75, 3.05) is 46.8 Å². The van der Waals surface area contributed by atoms with Crippen LogP contribution in [0.25, 0.3) is 0 Å². The summed E-state index contributed by atoms with van der Waals surface area (Å²) in [6, 6.07) is 0.525. The first-order valence-electron chi connectivity index (χ1n) is 7.09. The second-order valence-electron chi connectivity index (χ2n) is 6.44. The average Bonchev–Trinajstić information content (AvgIpc) is 2.26. The fourth-order valence-electron chi connectivity index (χ4n) is 2.17. The van der Waals surface area contributed by atoms with Crippen molar-refractivity contribution < 1.29 is 9.53 Å². The van der Waals surface area contributed by atoms with E-state index in [2.05, 4.69) is 29.2 Å². The number of carbonyl (C=O) groups is 1. The molecule has 0 radical (unpaired) electrons. The lowest BCUT2D eigenvalue weighted by Gasteiger charge is -2.37. The Hall–Kier alpha value is -0.650. The summed E-state index contributed by atoms with van der Waals surface area (Å²) in [7, 11) is 4.31. The van der Waals surface area contributed by atoms with Crippen LogP contribution in [0.15, 0.2) is 0 Å². The third-order valence-electron chi connectivity index (χ3n) is 3.29. The molecule has 0 spiro atoms. The molecule has 1 aliphatic rings. The molecule has 1 atom stereocenters. The average molecular weight is 271 g/mol. The van der Waals surface area contributed by atoms with Crippen LogP contribution in [0.4, 0.5) is 0 Å². The number of likely N-dealkylation sites (N-methyl/N-ethyl adjacent to an activating group) is 2. The summed E-state index contributed by atoms with van der Waals surface area (Å²) in [5, 5.41) is 3.35. The van der Waals surface area contributed by atoms with Crippen molar-refractivity contribution in [1.29, 1.82) is 0 Å². The van der Waals surface area contributed by atoms with Gasteiger partial charge in [-0.1, -0.05) is 0 Å². The lowest BCUT2D eigenvalue weighted by atomic mass is 10.2. The van der Waals surface area contributed by atoms with Gasteiger partial charge in [0.2, 0.25) is 0 Å². The maximum Gasteiger partial charge on any atom is 0.307 e. The maximum absolute atomic E-state index is 11.5. The number of piperazine rings is 1.